The van der Waals surface area contributed by atoms with E-state index in [-0.39, 0.29) is 10.5 Å². The molecule has 0 unspecified atom stereocenters. The highest BCUT2D eigenvalue weighted by Crippen LogP contribution is 2.18. The van der Waals surface area contributed by atoms with Crippen molar-refractivity contribution in [2.75, 3.05) is 12.3 Å². The maximum atomic E-state index is 11.9. The second-order valence-corrected chi connectivity index (χ2v) is 5.16. The Morgan fingerprint density at radius 2 is 2.12 bits per heavy atom. The topological polar surface area (TPSA) is 91.7 Å². The average molecular weight is 246 g/mol. The molecule has 0 aliphatic carbocycles. The number of carboxylic acid groups (broad SMARTS) is 1. The third-order valence-electron chi connectivity index (χ3n) is 2.02. The first kappa shape index (κ1) is 9.80. The summed E-state index contributed by atoms with van der Waals surface area (Å²) in [4.78, 5) is 10.5. The maximum absolute atomic E-state index is 11.9. The Labute approximate surface area is 96.1 Å². The van der Waals surface area contributed by atoms with Crippen molar-refractivity contribution < 1.29 is 26.2 Å². The monoisotopic (exact) mass is 246 g/mol. The normalized spacial score (nSPS) is 14.1. The fraction of sp³-hybridized carbons (Fsp3) is 0.300. The Bertz CT molecular complexity index is 574. The minimum Gasteiger partial charge on any atom is -0.478 e. The van der Waals surface area contributed by atoms with Crippen LogP contribution in [0, 0.1) is 6.92 Å². The van der Waals surface area contributed by atoms with E-state index in [1.54, 1.807) is 0 Å². The Balaban J connectivity index is 3.32. The molecule has 2 N–H and O–H groups in total. The molecule has 6 heteroatoms. The third-order valence-corrected chi connectivity index (χ3v) is 3.64. The lowest BCUT2D eigenvalue weighted by atomic mass is 10.1. The van der Waals surface area contributed by atoms with Gasteiger partial charge in [0.15, 0.2) is 9.84 Å². The summed E-state index contributed by atoms with van der Waals surface area (Å²) < 4.78 is 37.4. The van der Waals surface area contributed by atoms with E-state index in [2.05, 4.69) is 0 Å². The predicted octanol–water partition coefficient (Wildman–Crippen LogP) is 0.459. The van der Waals surface area contributed by atoms with E-state index in [1.807, 2.05) is 0 Å². The van der Waals surface area contributed by atoms with Crippen LogP contribution in [0.3, 0.4) is 0 Å². The van der Waals surface area contributed by atoms with Gasteiger partial charge in [0.05, 0.1) is 25.5 Å². The van der Waals surface area contributed by atoms with Crippen molar-refractivity contribution in [3.63, 3.8) is 0 Å². The van der Waals surface area contributed by atoms with Gasteiger partial charge in [-0.1, -0.05) is 6.07 Å². The van der Waals surface area contributed by atoms with Gasteiger partial charge in [-0.3, -0.25) is 0 Å². The van der Waals surface area contributed by atoms with Gasteiger partial charge < -0.3 is 10.2 Å². The van der Waals surface area contributed by atoms with E-state index in [9.17, 15) is 13.2 Å². The quantitative estimate of drug-likeness (QED) is 0.805. The number of aromatic carboxylic acids is 1. The molecule has 0 aromatic heterocycles. The van der Waals surface area contributed by atoms with Crippen LogP contribution in [0.1, 0.15) is 18.7 Å². The average Bonchev–Trinajstić information content (AvgIpc) is 2.13. The highest BCUT2D eigenvalue weighted by molar-refractivity contribution is 7.91. The number of rotatable bonds is 4. The molecule has 0 radical (unpaired) electrons. The van der Waals surface area contributed by atoms with Crippen molar-refractivity contribution in [1.82, 2.24) is 0 Å². The van der Waals surface area contributed by atoms with Crippen molar-refractivity contribution in [2.45, 2.75) is 11.8 Å². The number of hydrogen-bond donors (Lipinski definition) is 2. The van der Waals surface area contributed by atoms with Crippen LogP contribution >= 0.6 is 0 Å². The summed E-state index contributed by atoms with van der Waals surface area (Å²) in [5.41, 5.74) is 0.0851. The number of aryl methyl sites for hydroxylation is 1. The first-order valence-electron chi connectivity index (χ1n) is 5.32. The van der Waals surface area contributed by atoms with Crippen molar-refractivity contribution in [3.05, 3.63) is 29.3 Å². The standard InChI is InChI=1S/C10H12O5S/c1-7-2-3-8(10(12)13)6-9(7)16(14,15)5-4-11/h2-3,6,11H,4-5H2,1H3,(H,12,13)/i4D2. The molecule has 1 rings (SSSR count). The lowest BCUT2D eigenvalue weighted by Crippen LogP contribution is -2.12. The van der Waals surface area contributed by atoms with Gasteiger partial charge in [-0.05, 0) is 24.6 Å². The highest BCUT2D eigenvalue weighted by atomic mass is 32.2. The second kappa shape index (κ2) is 4.63. The molecular weight excluding hydrogens is 232 g/mol. The van der Waals surface area contributed by atoms with Crippen molar-refractivity contribution in [2.24, 2.45) is 0 Å². The molecule has 0 aliphatic rings. The molecule has 0 fully saturated rings. The van der Waals surface area contributed by atoms with Crippen LogP contribution in [0.2, 0.25) is 0 Å². The molecule has 0 heterocycles. The van der Waals surface area contributed by atoms with E-state index in [4.69, 9.17) is 13.0 Å². The molecule has 0 atom stereocenters. The van der Waals surface area contributed by atoms with Crippen LogP contribution in [0.25, 0.3) is 0 Å². The number of benzene rings is 1. The summed E-state index contributed by atoms with van der Waals surface area (Å²) in [6.07, 6.45) is 0. The van der Waals surface area contributed by atoms with Gasteiger partial charge in [0.2, 0.25) is 0 Å². The van der Waals surface area contributed by atoms with Crippen LogP contribution < -0.4 is 0 Å². The van der Waals surface area contributed by atoms with Crippen LogP contribution in [0.15, 0.2) is 23.1 Å². The van der Waals surface area contributed by atoms with Crippen molar-refractivity contribution in [1.29, 1.82) is 0 Å². The van der Waals surface area contributed by atoms with Gasteiger partial charge in [0.1, 0.15) is 0 Å². The molecule has 16 heavy (non-hydrogen) atoms. The number of aliphatic hydroxyl groups is 1. The minimum absolute atomic E-state index is 0.210. The molecule has 0 spiro atoms. The fourth-order valence-electron chi connectivity index (χ4n) is 1.23. The summed E-state index contributed by atoms with van der Waals surface area (Å²) >= 11 is 0. The zero-order valence-electron chi connectivity index (χ0n) is 10.5. The van der Waals surface area contributed by atoms with Crippen LogP contribution in [0.4, 0.5) is 0 Å². The van der Waals surface area contributed by atoms with Crippen LogP contribution in [-0.4, -0.2) is 36.9 Å². The van der Waals surface area contributed by atoms with E-state index in [0.29, 0.717) is 5.56 Å². The lowest BCUT2D eigenvalue weighted by molar-refractivity contribution is 0.0696. The van der Waals surface area contributed by atoms with Gasteiger partial charge in [-0.2, -0.15) is 0 Å². The molecule has 0 saturated carbocycles. The first-order valence-corrected chi connectivity index (χ1v) is 5.97. The van der Waals surface area contributed by atoms with E-state index in [1.165, 1.54) is 19.1 Å². The summed E-state index contributed by atoms with van der Waals surface area (Å²) in [5.74, 6) is -2.40. The van der Waals surface area contributed by atoms with Crippen LogP contribution in [-0.2, 0) is 9.84 Å². The lowest BCUT2D eigenvalue weighted by Gasteiger charge is -2.07. The van der Waals surface area contributed by atoms with Gasteiger partial charge in [0, 0.05) is 0 Å². The number of hydrogen-bond acceptors (Lipinski definition) is 4. The number of sulfone groups is 1. The molecule has 0 saturated heterocycles. The Morgan fingerprint density at radius 3 is 2.62 bits per heavy atom. The molecule has 0 bridgehead atoms. The SMILES string of the molecule is [2H]C([2H])(O)CS(=O)(=O)c1cc(C(=O)O)ccc1C. The molecule has 1 aromatic rings. The molecule has 88 valence electrons. The van der Waals surface area contributed by atoms with E-state index >= 15 is 0 Å². The molecule has 0 amide bonds. The maximum Gasteiger partial charge on any atom is 0.335 e. The molecule has 0 aliphatic heterocycles. The Morgan fingerprint density at radius 1 is 1.50 bits per heavy atom. The van der Waals surface area contributed by atoms with E-state index < -0.39 is 28.1 Å². The van der Waals surface area contributed by atoms with Gasteiger partial charge >= 0.3 is 5.97 Å². The molecular formula is C10H12O5S. The van der Waals surface area contributed by atoms with E-state index in [0.717, 1.165) is 6.07 Å². The predicted molar refractivity (Wildman–Crippen MR) is 57.3 cm³/mol. The summed E-state index contributed by atoms with van der Waals surface area (Å²) in [6.45, 7) is -1.41. The molecule has 1 aromatic carbocycles. The zero-order chi connectivity index (χ0) is 14.1. The smallest absolute Gasteiger partial charge is 0.335 e. The van der Waals surface area contributed by atoms with Gasteiger partial charge in [-0.15, -0.1) is 0 Å². The third kappa shape index (κ3) is 2.59. The summed E-state index contributed by atoms with van der Waals surface area (Å²) in [5, 5.41) is 17.7. The Hall–Kier alpha value is -1.40. The largest absolute Gasteiger partial charge is 0.478 e. The summed E-state index contributed by atoms with van der Waals surface area (Å²) in [7, 11) is -4.09. The highest BCUT2D eigenvalue weighted by Gasteiger charge is 2.18. The molecule has 5 nitrogen and oxygen atoms in total. The minimum atomic E-state index is -4.09. The Kier molecular flexibility index (Phi) is 2.83. The zero-order valence-corrected chi connectivity index (χ0v) is 9.28. The summed E-state index contributed by atoms with van der Waals surface area (Å²) in [6, 6.07) is 3.53. The fourth-order valence-corrected chi connectivity index (χ4v) is 2.42. The number of carboxylic acids is 1. The second-order valence-electron chi connectivity index (χ2n) is 3.20. The first-order chi connectivity index (χ1) is 8.03. The van der Waals surface area contributed by atoms with Gasteiger partial charge in [0.25, 0.3) is 0 Å². The van der Waals surface area contributed by atoms with Gasteiger partial charge in [-0.25, -0.2) is 13.2 Å². The number of carbonyl (C=O) groups is 1. The van der Waals surface area contributed by atoms with Crippen molar-refractivity contribution >= 4 is 15.8 Å². The van der Waals surface area contributed by atoms with Crippen molar-refractivity contribution in [3.8, 4) is 0 Å². The van der Waals surface area contributed by atoms with Crippen LogP contribution in [0.5, 0.6) is 0 Å².